The SMILES string of the molecule is CCOC(N)=O.[S]. The van der Waals surface area contributed by atoms with E-state index in [1.807, 2.05) is 0 Å². The van der Waals surface area contributed by atoms with Gasteiger partial charge in [-0.15, -0.1) is 0 Å². The Morgan fingerprint density at radius 2 is 2.29 bits per heavy atom. The normalized spacial score (nSPS) is 6.43. The van der Waals surface area contributed by atoms with E-state index < -0.39 is 6.09 Å². The second-order valence-corrected chi connectivity index (χ2v) is 0.752. The van der Waals surface area contributed by atoms with E-state index in [-0.39, 0.29) is 13.5 Å². The molecule has 0 spiro atoms. The standard InChI is InChI=1S/C3H7NO2.S/c1-2-6-3(4)5;/h2H2,1H3,(H2,4,5);. The molecule has 42 valence electrons. The zero-order chi connectivity index (χ0) is 4.99. The van der Waals surface area contributed by atoms with Gasteiger partial charge in [-0.1, -0.05) is 0 Å². The molecular weight excluding hydrogens is 114 g/mol. The van der Waals surface area contributed by atoms with Gasteiger partial charge >= 0.3 is 6.09 Å². The number of amides is 1. The van der Waals surface area contributed by atoms with Gasteiger partial charge in [0.05, 0.1) is 6.61 Å². The number of carbonyl (C=O) groups excluding carboxylic acids is 1. The lowest BCUT2D eigenvalue weighted by Gasteiger charge is -1.89. The number of hydrogen-bond acceptors (Lipinski definition) is 2. The Bertz CT molecular complexity index is 56.9. The fourth-order valence-corrected chi connectivity index (χ4v) is 0.142. The van der Waals surface area contributed by atoms with Crippen LogP contribution in [0.15, 0.2) is 0 Å². The number of rotatable bonds is 1. The highest BCUT2D eigenvalue weighted by Crippen LogP contribution is 1.66. The summed E-state index contributed by atoms with van der Waals surface area (Å²) in [6.07, 6.45) is -0.711. The van der Waals surface area contributed by atoms with Gasteiger partial charge in [0, 0.05) is 13.5 Å². The number of primary amides is 1. The number of carbonyl (C=O) groups is 1. The molecule has 2 N–H and O–H groups in total. The Kier molecular flexibility index (Phi) is 7.86. The lowest BCUT2D eigenvalue weighted by atomic mass is 10.9. The lowest BCUT2D eigenvalue weighted by molar-refractivity contribution is 0.163. The Morgan fingerprint density at radius 1 is 1.86 bits per heavy atom. The highest BCUT2D eigenvalue weighted by Gasteiger charge is 1.82. The van der Waals surface area contributed by atoms with Gasteiger partial charge in [0.2, 0.25) is 0 Å². The van der Waals surface area contributed by atoms with Crippen LogP contribution in [-0.2, 0) is 4.74 Å². The Morgan fingerprint density at radius 3 is 2.29 bits per heavy atom. The molecule has 7 heavy (non-hydrogen) atoms. The minimum Gasteiger partial charge on any atom is -0.450 e. The minimum atomic E-state index is -0.711. The van der Waals surface area contributed by atoms with E-state index in [0.29, 0.717) is 6.61 Å². The van der Waals surface area contributed by atoms with Crippen molar-refractivity contribution < 1.29 is 9.53 Å². The van der Waals surface area contributed by atoms with Gasteiger partial charge in [0.25, 0.3) is 0 Å². The van der Waals surface area contributed by atoms with Crippen molar-refractivity contribution in [2.24, 2.45) is 5.73 Å². The van der Waals surface area contributed by atoms with Crippen molar-refractivity contribution in [1.29, 1.82) is 0 Å². The molecule has 0 rings (SSSR count). The van der Waals surface area contributed by atoms with E-state index in [0.717, 1.165) is 0 Å². The van der Waals surface area contributed by atoms with E-state index in [9.17, 15) is 4.79 Å². The van der Waals surface area contributed by atoms with Crippen molar-refractivity contribution >= 4 is 19.6 Å². The molecule has 0 saturated heterocycles. The summed E-state index contributed by atoms with van der Waals surface area (Å²) in [6.45, 7) is 2.06. The first kappa shape index (κ1) is 9.80. The molecule has 0 aromatic rings. The first-order valence-electron chi connectivity index (χ1n) is 1.69. The summed E-state index contributed by atoms with van der Waals surface area (Å²) in [5.74, 6) is 0. The van der Waals surface area contributed by atoms with Crippen molar-refractivity contribution in [2.75, 3.05) is 6.61 Å². The molecular formula is C3H7NO2S. The molecule has 2 radical (unpaired) electrons. The van der Waals surface area contributed by atoms with Crippen molar-refractivity contribution in [3.05, 3.63) is 0 Å². The molecule has 0 heterocycles. The summed E-state index contributed by atoms with van der Waals surface area (Å²) < 4.78 is 4.18. The van der Waals surface area contributed by atoms with Crippen LogP contribution >= 0.6 is 13.5 Å². The first-order chi connectivity index (χ1) is 2.77. The highest BCUT2D eigenvalue weighted by molar-refractivity contribution is 7.59. The lowest BCUT2D eigenvalue weighted by Crippen LogP contribution is -2.11. The minimum absolute atomic E-state index is 0. The van der Waals surface area contributed by atoms with Crippen molar-refractivity contribution in [2.45, 2.75) is 6.92 Å². The van der Waals surface area contributed by atoms with Crippen LogP contribution in [0.25, 0.3) is 0 Å². The third-order valence-corrected chi connectivity index (χ3v) is 0.287. The summed E-state index contributed by atoms with van der Waals surface area (Å²) >= 11 is 0. The number of nitrogens with two attached hydrogens (primary N) is 1. The molecule has 0 aromatic heterocycles. The van der Waals surface area contributed by atoms with Crippen molar-refractivity contribution in [1.82, 2.24) is 0 Å². The fraction of sp³-hybridized carbons (Fsp3) is 0.667. The van der Waals surface area contributed by atoms with Crippen LogP contribution in [0.3, 0.4) is 0 Å². The maximum absolute atomic E-state index is 9.60. The van der Waals surface area contributed by atoms with Crippen molar-refractivity contribution in [3.8, 4) is 0 Å². The average molecular weight is 121 g/mol. The summed E-state index contributed by atoms with van der Waals surface area (Å²) in [5, 5.41) is 0. The second-order valence-electron chi connectivity index (χ2n) is 0.752. The number of ether oxygens (including phenoxy) is 1. The van der Waals surface area contributed by atoms with Crippen LogP contribution in [0.1, 0.15) is 6.92 Å². The smallest absolute Gasteiger partial charge is 0.404 e. The zero-order valence-corrected chi connectivity index (χ0v) is 4.83. The zero-order valence-electron chi connectivity index (χ0n) is 4.01. The Labute approximate surface area is 49.3 Å². The average Bonchev–Trinajstić information content (AvgIpc) is 1.35. The molecule has 0 aromatic carbocycles. The molecule has 0 aliphatic heterocycles. The summed E-state index contributed by atoms with van der Waals surface area (Å²) in [5.41, 5.74) is 4.54. The molecule has 0 aliphatic rings. The monoisotopic (exact) mass is 121 g/mol. The van der Waals surface area contributed by atoms with E-state index in [4.69, 9.17) is 0 Å². The van der Waals surface area contributed by atoms with Gasteiger partial charge < -0.3 is 10.5 Å². The van der Waals surface area contributed by atoms with Crippen LogP contribution in [0.4, 0.5) is 4.79 Å². The predicted octanol–water partition coefficient (Wildman–Crippen LogP) is 0.750. The molecule has 0 saturated carbocycles. The Hall–Kier alpha value is -0.380. The molecule has 0 fully saturated rings. The molecule has 4 heteroatoms. The summed E-state index contributed by atoms with van der Waals surface area (Å²) in [4.78, 5) is 9.60. The van der Waals surface area contributed by atoms with Gasteiger partial charge in [-0.25, -0.2) is 4.79 Å². The Balaban J connectivity index is 0. The fourth-order valence-electron chi connectivity index (χ4n) is 0.142. The third-order valence-electron chi connectivity index (χ3n) is 0.287. The second kappa shape index (κ2) is 5.62. The number of hydrogen-bond donors (Lipinski definition) is 1. The van der Waals surface area contributed by atoms with Crippen LogP contribution in [0, 0.1) is 0 Å². The van der Waals surface area contributed by atoms with Gasteiger partial charge in [-0.3, -0.25) is 0 Å². The summed E-state index contributed by atoms with van der Waals surface area (Å²) in [6, 6.07) is 0. The van der Waals surface area contributed by atoms with E-state index in [1.54, 1.807) is 6.92 Å². The predicted molar refractivity (Wildman–Crippen MR) is 28.8 cm³/mol. The maximum Gasteiger partial charge on any atom is 0.404 e. The van der Waals surface area contributed by atoms with E-state index in [2.05, 4.69) is 10.5 Å². The van der Waals surface area contributed by atoms with E-state index in [1.165, 1.54) is 0 Å². The first-order valence-corrected chi connectivity index (χ1v) is 1.69. The highest BCUT2D eigenvalue weighted by atomic mass is 32.1. The molecule has 3 nitrogen and oxygen atoms in total. The van der Waals surface area contributed by atoms with Crippen molar-refractivity contribution in [3.63, 3.8) is 0 Å². The molecule has 1 amide bonds. The van der Waals surface area contributed by atoms with Gasteiger partial charge in [-0.2, -0.15) is 0 Å². The van der Waals surface area contributed by atoms with Gasteiger partial charge in [0.1, 0.15) is 0 Å². The van der Waals surface area contributed by atoms with Crippen LogP contribution in [0.5, 0.6) is 0 Å². The molecule has 0 bridgehead atoms. The quantitative estimate of drug-likeness (QED) is 0.556. The third kappa shape index (κ3) is 10.7. The van der Waals surface area contributed by atoms with Gasteiger partial charge in [-0.05, 0) is 6.92 Å². The van der Waals surface area contributed by atoms with Gasteiger partial charge in [0.15, 0.2) is 0 Å². The molecule has 0 aliphatic carbocycles. The van der Waals surface area contributed by atoms with Crippen LogP contribution in [0.2, 0.25) is 0 Å². The van der Waals surface area contributed by atoms with E-state index >= 15 is 0 Å². The largest absolute Gasteiger partial charge is 0.450 e. The van der Waals surface area contributed by atoms with Crippen LogP contribution in [-0.4, -0.2) is 12.7 Å². The molecule has 0 atom stereocenters. The molecule has 0 unspecified atom stereocenters. The summed E-state index contributed by atoms with van der Waals surface area (Å²) in [7, 11) is 0. The van der Waals surface area contributed by atoms with Crippen LogP contribution < -0.4 is 5.73 Å². The maximum atomic E-state index is 9.60. The topological polar surface area (TPSA) is 52.3 Å².